The summed E-state index contributed by atoms with van der Waals surface area (Å²) in [6.45, 7) is 3.04. The van der Waals surface area contributed by atoms with Crippen LogP contribution in [0.1, 0.15) is 30.3 Å². The quantitative estimate of drug-likeness (QED) is 0.670. The molecule has 0 spiro atoms. The first-order chi connectivity index (χ1) is 9.69. The topological polar surface area (TPSA) is 81.2 Å². The van der Waals surface area contributed by atoms with E-state index in [1.807, 2.05) is 0 Å². The molecule has 1 aliphatic heterocycles. The van der Waals surface area contributed by atoms with Crippen molar-refractivity contribution in [3.63, 3.8) is 0 Å². The maximum absolute atomic E-state index is 12.3. The lowest BCUT2D eigenvalue weighted by atomic mass is 9.97. The van der Waals surface area contributed by atoms with E-state index < -0.39 is 21.5 Å². The second-order valence-electron chi connectivity index (χ2n) is 4.71. The summed E-state index contributed by atoms with van der Waals surface area (Å²) in [6, 6.07) is 1.06. The Labute approximate surface area is 119 Å². The molecule has 6 nitrogen and oxygen atoms in total. The molecule has 1 saturated heterocycles. The van der Waals surface area contributed by atoms with Gasteiger partial charge in [0, 0.05) is 17.7 Å². The molecular formula is C11H14F3N3O3S. The Morgan fingerprint density at radius 1 is 1.29 bits per heavy atom. The fourth-order valence-electron chi connectivity index (χ4n) is 2.03. The van der Waals surface area contributed by atoms with Gasteiger partial charge in [-0.3, -0.25) is 0 Å². The lowest BCUT2D eigenvalue weighted by Gasteiger charge is -2.21. The third-order valence-electron chi connectivity index (χ3n) is 3.03. The molecule has 0 amide bonds. The van der Waals surface area contributed by atoms with Crippen LogP contribution in [0.3, 0.4) is 0 Å². The van der Waals surface area contributed by atoms with Crippen molar-refractivity contribution in [2.45, 2.75) is 31.2 Å². The monoisotopic (exact) mass is 325 g/mol. The van der Waals surface area contributed by atoms with Gasteiger partial charge in [0.05, 0.1) is 0 Å². The van der Waals surface area contributed by atoms with Crippen LogP contribution in [0.2, 0.25) is 0 Å². The van der Waals surface area contributed by atoms with Crippen LogP contribution in [-0.2, 0) is 10.1 Å². The third-order valence-corrected chi connectivity index (χ3v) is 3.99. The Morgan fingerprint density at radius 2 is 1.90 bits per heavy atom. The van der Waals surface area contributed by atoms with E-state index in [1.165, 1.54) is 0 Å². The van der Waals surface area contributed by atoms with Crippen molar-refractivity contribution in [3.05, 3.63) is 17.6 Å². The zero-order valence-electron chi connectivity index (χ0n) is 11.1. The Morgan fingerprint density at radius 3 is 2.48 bits per heavy atom. The summed E-state index contributed by atoms with van der Waals surface area (Å²) in [7, 11) is -5.72. The molecule has 21 heavy (non-hydrogen) atoms. The fourth-order valence-corrected chi connectivity index (χ4v) is 2.43. The smallest absolute Gasteiger partial charge is 0.355 e. The van der Waals surface area contributed by atoms with E-state index in [0.717, 1.165) is 32.0 Å². The normalized spacial score (nSPS) is 17.7. The highest BCUT2D eigenvalue weighted by atomic mass is 32.2. The van der Waals surface area contributed by atoms with Crippen LogP contribution in [0.5, 0.6) is 5.88 Å². The number of rotatable bonds is 3. The molecule has 0 radical (unpaired) electrons. The second kappa shape index (κ2) is 5.76. The highest BCUT2D eigenvalue weighted by Gasteiger charge is 2.49. The molecule has 2 heterocycles. The Balaban J connectivity index is 2.27. The fraction of sp³-hybridized carbons (Fsp3) is 0.636. The minimum Gasteiger partial charge on any atom is -0.355 e. The van der Waals surface area contributed by atoms with Gasteiger partial charge in [-0.2, -0.15) is 26.6 Å². The average molecular weight is 325 g/mol. The Bertz CT molecular complexity index is 613. The summed E-state index contributed by atoms with van der Waals surface area (Å²) in [6.07, 6.45) is 1.46. The highest BCUT2D eigenvalue weighted by molar-refractivity contribution is 7.87. The van der Waals surface area contributed by atoms with Crippen molar-refractivity contribution in [2.75, 3.05) is 13.1 Å². The van der Waals surface area contributed by atoms with Crippen molar-refractivity contribution < 1.29 is 25.8 Å². The highest BCUT2D eigenvalue weighted by Crippen LogP contribution is 2.28. The summed E-state index contributed by atoms with van der Waals surface area (Å²) < 4.78 is 63.0. The number of nitrogens with one attached hydrogen (secondary N) is 1. The molecule has 0 saturated carbocycles. The summed E-state index contributed by atoms with van der Waals surface area (Å²) in [5, 5.41) is 3.14. The largest absolute Gasteiger partial charge is 0.534 e. The third kappa shape index (κ3) is 3.82. The van der Waals surface area contributed by atoms with Gasteiger partial charge in [-0.25, -0.2) is 4.98 Å². The minimum absolute atomic E-state index is 0.0258. The van der Waals surface area contributed by atoms with E-state index in [2.05, 4.69) is 19.5 Å². The van der Waals surface area contributed by atoms with Gasteiger partial charge in [0.1, 0.15) is 5.82 Å². The van der Waals surface area contributed by atoms with Crippen LogP contribution >= 0.6 is 0 Å². The number of halogens is 3. The second-order valence-corrected chi connectivity index (χ2v) is 6.25. The standard InChI is InChI=1S/C11H14F3N3O3S/c1-7-6-9(20-21(18,19)11(12,13)14)17-10(16-7)8-2-4-15-5-3-8/h6,8,15H,2-5H2,1H3. The van der Waals surface area contributed by atoms with E-state index >= 15 is 0 Å². The summed E-state index contributed by atoms with van der Waals surface area (Å²) in [4.78, 5) is 7.97. The van der Waals surface area contributed by atoms with E-state index in [4.69, 9.17) is 0 Å². The lowest BCUT2D eigenvalue weighted by molar-refractivity contribution is -0.0501. The van der Waals surface area contributed by atoms with Crippen molar-refractivity contribution >= 4 is 10.1 Å². The average Bonchev–Trinajstić information content (AvgIpc) is 2.37. The molecular weight excluding hydrogens is 311 g/mol. The van der Waals surface area contributed by atoms with Gasteiger partial charge < -0.3 is 9.50 Å². The van der Waals surface area contributed by atoms with Gasteiger partial charge in [0.15, 0.2) is 0 Å². The predicted octanol–water partition coefficient (Wildman–Crippen LogP) is 1.48. The van der Waals surface area contributed by atoms with Gasteiger partial charge in [-0.05, 0) is 32.9 Å². The van der Waals surface area contributed by atoms with Gasteiger partial charge in [0.25, 0.3) is 0 Å². The van der Waals surface area contributed by atoms with Crippen molar-refractivity contribution in [1.29, 1.82) is 0 Å². The first-order valence-electron chi connectivity index (χ1n) is 6.26. The van der Waals surface area contributed by atoms with E-state index in [0.29, 0.717) is 11.5 Å². The predicted molar refractivity (Wildman–Crippen MR) is 67.2 cm³/mol. The van der Waals surface area contributed by atoms with Crippen LogP contribution in [0.15, 0.2) is 6.07 Å². The molecule has 0 atom stereocenters. The molecule has 0 bridgehead atoms. The molecule has 1 aromatic heterocycles. The molecule has 0 aliphatic carbocycles. The number of aryl methyl sites for hydroxylation is 1. The number of hydrogen-bond acceptors (Lipinski definition) is 6. The molecule has 10 heteroatoms. The number of aromatic nitrogens is 2. The maximum Gasteiger partial charge on any atom is 0.534 e. The van der Waals surface area contributed by atoms with Gasteiger partial charge >= 0.3 is 15.6 Å². The van der Waals surface area contributed by atoms with Crippen molar-refractivity contribution in [1.82, 2.24) is 15.3 Å². The van der Waals surface area contributed by atoms with Crippen molar-refractivity contribution in [3.8, 4) is 5.88 Å². The van der Waals surface area contributed by atoms with Gasteiger partial charge in [-0.15, -0.1) is 0 Å². The molecule has 1 N–H and O–H groups in total. The van der Waals surface area contributed by atoms with Gasteiger partial charge in [0.2, 0.25) is 5.88 Å². The molecule has 0 unspecified atom stereocenters. The first kappa shape index (κ1) is 16.0. The zero-order valence-corrected chi connectivity index (χ0v) is 12.0. The molecule has 1 fully saturated rings. The Kier molecular flexibility index (Phi) is 4.38. The van der Waals surface area contributed by atoms with Crippen LogP contribution in [-0.4, -0.2) is 37.0 Å². The summed E-state index contributed by atoms with van der Waals surface area (Å²) in [5.41, 5.74) is -5.13. The van der Waals surface area contributed by atoms with Crippen LogP contribution in [0.4, 0.5) is 13.2 Å². The summed E-state index contributed by atoms with van der Waals surface area (Å²) >= 11 is 0. The lowest BCUT2D eigenvalue weighted by Crippen LogP contribution is -2.29. The van der Waals surface area contributed by atoms with E-state index in [1.54, 1.807) is 6.92 Å². The number of nitrogens with zero attached hydrogens (tertiary/aromatic N) is 2. The molecule has 1 aromatic rings. The minimum atomic E-state index is -5.72. The van der Waals surface area contributed by atoms with Crippen LogP contribution in [0.25, 0.3) is 0 Å². The zero-order chi connectivity index (χ0) is 15.7. The van der Waals surface area contributed by atoms with E-state index in [-0.39, 0.29) is 5.92 Å². The van der Waals surface area contributed by atoms with E-state index in [9.17, 15) is 21.6 Å². The summed E-state index contributed by atoms with van der Waals surface area (Å²) in [5.74, 6) is -0.320. The number of alkyl halides is 3. The maximum atomic E-state index is 12.3. The molecule has 1 aliphatic rings. The van der Waals surface area contributed by atoms with Crippen LogP contribution < -0.4 is 9.50 Å². The Hall–Kier alpha value is -1.42. The molecule has 0 aromatic carbocycles. The SMILES string of the molecule is Cc1cc(OS(=O)(=O)C(F)(F)F)nc(C2CCNCC2)n1. The van der Waals surface area contributed by atoms with Crippen LogP contribution in [0, 0.1) is 6.92 Å². The first-order valence-corrected chi connectivity index (χ1v) is 7.67. The molecule has 118 valence electrons. The molecule has 2 rings (SSSR count). The van der Waals surface area contributed by atoms with Crippen molar-refractivity contribution in [2.24, 2.45) is 0 Å². The number of piperidine rings is 1. The number of hydrogen-bond donors (Lipinski definition) is 1. The van der Waals surface area contributed by atoms with Gasteiger partial charge in [-0.1, -0.05) is 0 Å².